The van der Waals surface area contributed by atoms with Gasteiger partial charge in [-0.2, -0.15) is 0 Å². The summed E-state index contributed by atoms with van der Waals surface area (Å²) in [6.45, 7) is 4.56. The molecule has 0 bridgehead atoms. The highest BCUT2D eigenvalue weighted by Crippen LogP contribution is 2.10. The maximum absolute atomic E-state index is 11.0. The molecule has 9 heteroatoms. The minimum atomic E-state index is -2.97. The summed E-state index contributed by atoms with van der Waals surface area (Å²) >= 11 is 5.97. The number of benzene rings is 1. The quantitative estimate of drug-likeness (QED) is 0.221. The molecule has 0 unspecified atom stereocenters. The molecule has 0 saturated carbocycles. The SMILES string of the molecule is CCNC(=NCCOCCS(C)(=O)=O)NCCc1cccc(Cl)c1.I. The maximum atomic E-state index is 11.0. The number of nitrogens with zero attached hydrogens (tertiary/aromatic N) is 1. The van der Waals surface area contributed by atoms with Crippen LogP contribution in [0.15, 0.2) is 29.3 Å². The third kappa shape index (κ3) is 13.3. The second kappa shape index (κ2) is 13.6. The number of rotatable bonds is 10. The van der Waals surface area contributed by atoms with E-state index in [0.29, 0.717) is 19.1 Å². The van der Waals surface area contributed by atoms with E-state index in [4.69, 9.17) is 16.3 Å². The molecule has 0 aliphatic heterocycles. The normalized spacial score (nSPS) is 11.7. The lowest BCUT2D eigenvalue weighted by Gasteiger charge is -2.11. The van der Waals surface area contributed by atoms with Crippen LogP contribution in [-0.4, -0.2) is 59.2 Å². The Hall–Kier alpha value is -0.580. The van der Waals surface area contributed by atoms with Gasteiger partial charge in [-0.1, -0.05) is 23.7 Å². The standard InChI is InChI=1S/C16H26ClN3O3S.HI/c1-3-18-16(20-9-10-23-11-12-24(2,21)22)19-8-7-14-5-4-6-15(17)13-14;/h4-6,13H,3,7-12H2,1-2H3,(H2,18,19,20);1H. The Labute approximate surface area is 172 Å². The maximum Gasteiger partial charge on any atom is 0.191 e. The summed E-state index contributed by atoms with van der Waals surface area (Å²) in [5.74, 6) is 0.750. The summed E-state index contributed by atoms with van der Waals surface area (Å²) in [6, 6.07) is 7.77. The van der Waals surface area contributed by atoms with Gasteiger partial charge in [-0.25, -0.2) is 8.42 Å². The van der Waals surface area contributed by atoms with Crippen molar-refractivity contribution < 1.29 is 13.2 Å². The Morgan fingerprint density at radius 3 is 2.68 bits per heavy atom. The van der Waals surface area contributed by atoms with E-state index in [-0.39, 0.29) is 36.3 Å². The Morgan fingerprint density at radius 2 is 2.04 bits per heavy atom. The minimum Gasteiger partial charge on any atom is -0.378 e. The number of hydrogen-bond donors (Lipinski definition) is 2. The average molecular weight is 504 g/mol. The molecule has 25 heavy (non-hydrogen) atoms. The Morgan fingerprint density at radius 1 is 1.28 bits per heavy atom. The van der Waals surface area contributed by atoms with Crippen molar-refractivity contribution in [2.75, 3.05) is 44.9 Å². The summed E-state index contributed by atoms with van der Waals surface area (Å²) < 4.78 is 27.2. The van der Waals surface area contributed by atoms with E-state index in [0.717, 1.165) is 30.1 Å². The number of ether oxygens (including phenoxy) is 1. The van der Waals surface area contributed by atoms with E-state index in [1.165, 1.54) is 6.26 Å². The van der Waals surface area contributed by atoms with Gasteiger partial charge in [0, 0.05) is 24.4 Å². The molecule has 0 aromatic heterocycles. The molecule has 6 nitrogen and oxygen atoms in total. The van der Waals surface area contributed by atoms with Gasteiger partial charge in [0.1, 0.15) is 9.84 Å². The number of nitrogens with one attached hydrogen (secondary N) is 2. The van der Waals surface area contributed by atoms with Gasteiger partial charge in [-0.15, -0.1) is 24.0 Å². The summed E-state index contributed by atoms with van der Waals surface area (Å²) in [5.41, 5.74) is 1.16. The number of hydrogen-bond acceptors (Lipinski definition) is 4. The Balaban J connectivity index is 0.00000576. The highest BCUT2D eigenvalue weighted by atomic mass is 127. The van der Waals surface area contributed by atoms with E-state index in [1.807, 2.05) is 31.2 Å². The van der Waals surface area contributed by atoms with Crippen LogP contribution in [0.25, 0.3) is 0 Å². The van der Waals surface area contributed by atoms with E-state index >= 15 is 0 Å². The van der Waals surface area contributed by atoms with Crippen LogP contribution in [0.1, 0.15) is 12.5 Å². The predicted molar refractivity (Wildman–Crippen MR) is 115 cm³/mol. The lowest BCUT2D eigenvalue weighted by Crippen LogP contribution is -2.38. The minimum absolute atomic E-state index is 0. The Kier molecular flexibility index (Phi) is 13.3. The summed E-state index contributed by atoms with van der Waals surface area (Å²) in [5, 5.41) is 7.14. The van der Waals surface area contributed by atoms with E-state index in [2.05, 4.69) is 15.6 Å². The molecule has 0 saturated heterocycles. The highest BCUT2D eigenvalue weighted by Gasteiger charge is 2.01. The zero-order valence-corrected chi connectivity index (χ0v) is 18.5. The number of sulfone groups is 1. The molecule has 144 valence electrons. The van der Waals surface area contributed by atoms with E-state index in [9.17, 15) is 8.42 Å². The van der Waals surface area contributed by atoms with Crippen molar-refractivity contribution in [3.8, 4) is 0 Å². The van der Waals surface area contributed by atoms with Gasteiger partial charge < -0.3 is 15.4 Å². The molecule has 2 N–H and O–H groups in total. The van der Waals surface area contributed by atoms with Crippen LogP contribution in [0.4, 0.5) is 0 Å². The Bertz CT molecular complexity index is 627. The smallest absolute Gasteiger partial charge is 0.191 e. The van der Waals surface area contributed by atoms with Crippen LogP contribution in [0.5, 0.6) is 0 Å². The lowest BCUT2D eigenvalue weighted by atomic mass is 10.1. The fourth-order valence-corrected chi connectivity index (χ4v) is 2.53. The zero-order chi connectivity index (χ0) is 17.8. The van der Waals surface area contributed by atoms with Crippen LogP contribution >= 0.6 is 35.6 Å². The number of guanidine groups is 1. The van der Waals surface area contributed by atoms with Gasteiger partial charge in [0.05, 0.1) is 25.5 Å². The molecule has 1 rings (SSSR count). The molecule has 0 aliphatic carbocycles. The first-order chi connectivity index (χ1) is 11.4. The zero-order valence-electron chi connectivity index (χ0n) is 14.6. The van der Waals surface area contributed by atoms with Gasteiger partial charge in [0.25, 0.3) is 0 Å². The molecule has 0 radical (unpaired) electrons. The molecule has 0 fully saturated rings. The third-order valence-electron chi connectivity index (χ3n) is 3.04. The summed E-state index contributed by atoms with van der Waals surface area (Å²) in [6.07, 6.45) is 2.04. The number of aliphatic imine (C=N–C) groups is 1. The molecular formula is C16H27ClIN3O3S. The van der Waals surface area contributed by atoms with Crippen LogP contribution in [0, 0.1) is 0 Å². The predicted octanol–water partition coefficient (Wildman–Crippen LogP) is 2.12. The molecule has 1 aromatic carbocycles. The summed E-state index contributed by atoms with van der Waals surface area (Å²) in [7, 11) is -2.97. The van der Waals surface area contributed by atoms with Crippen LogP contribution < -0.4 is 10.6 Å². The fraction of sp³-hybridized carbons (Fsp3) is 0.562. The summed E-state index contributed by atoms with van der Waals surface area (Å²) in [4.78, 5) is 4.39. The van der Waals surface area contributed by atoms with E-state index < -0.39 is 9.84 Å². The molecule has 0 aliphatic rings. The molecule has 1 aromatic rings. The van der Waals surface area contributed by atoms with Crippen LogP contribution in [-0.2, 0) is 21.0 Å². The monoisotopic (exact) mass is 503 g/mol. The van der Waals surface area contributed by atoms with Crippen molar-refractivity contribution in [3.63, 3.8) is 0 Å². The first-order valence-corrected chi connectivity index (χ1v) is 10.4. The largest absolute Gasteiger partial charge is 0.378 e. The fourth-order valence-electron chi connectivity index (χ4n) is 1.89. The average Bonchev–Trinajstić information content (AvgIpc) is 2.49. The van der Waals surface area contributed by atoms with Gasteiger partial charge in [0.15, 0.2) is 5.96 Å². The molecule has 0 amide bonds. The van der Waals surface area contributed by atoms with Crippen molar-refractivity contribution in [2.45, 2.75) is 13.3 Å². The highest BCUT2D eigenvalue weighted by molar-refractivity contribution is 14.0. The second-order valence-corrected chi connectivity index (χ2v) is 8.01. The van der Waals surface area contributed by atoms with Gasteiger partial charge in [-0.05, 0) is 31.0 Å². The molecule has 0 heterocycles. The van der Waals surface area contributed by atoms with Crippen molar-refractivity contribution >= 4 is 51.4 Å². The van der Waals surface area contributed by atoms with Gasteiger partial charge >= 0.3 is 0 Å². The van der Waals surface area contributed by atoms with Crippen molar-refractivity contribution in [1.82, 2.24) is 10.6 Å². The third-order valence-corrected chi connectivity index (χ3v) is 4.19. The van der Waals surface area contributed by atoms with Crippen molar-refractivity contribution in [1.29, 1.82) is 0 Å². The molecule has 0 atom stereocenters. The van der Waals surface area contributed by atoms with Crippen molar-refractivity contribution in [3.05, 3.63) is 34.9 Å². The lowest BCUT2D eigenvalue weighted by molar-refractivity contribution is 0.157. The van der Waals surface area contributed by atoms with Crippen LogP contribution in [0.2, 0.25) is 5.02 Å². The topological polar surface area (TPSA) is 79.8 Å². The van der Waals surface area contributed by atoms with Gasteiger partial charge in [-0.3, -0.25) is 4.99 Å². The molecular weight excluding hydrogens is 477 g/mol. The second-order valence-electron chi connectivity index (χ2n) is 5.31. The number of halogens is 2. The first kappa shape index (κ1) is 24.4. The molecule has 0 spiro atoms. The van der Waals surface area contributed by atoms with Gasteiger partial charge in [0.2, 0.25) is 0 Å². The van der Waals surface area contributed by atoms with Crippen molar-refractivity contribution in [2.24, 2.45) is 4.99 Å². The van der Waals surface area contributed by atoms with Crippen LogP contribution in [0.3, 0.4) is 0 Å². The van der Waals surface area contributed by atoms with E-state index in [1.54, 1.807) is 0 Å². The first-order valence-electron chi connectivity index (χ1n) is 7.93.